The number of rotatable bonds is 7. The van der Waals surface area contributed by atoms with E-state index in [0.29, 0.717) is 56.8 Å². The summed E-state index contributed by atoms with van der Waals surface area (Å²) in [6.45, 7) is 2.13. The molecular formula is C25H25ClF3N9O2. The van der Waals surface area contributed by atoms with Gasteiger partial charge in [0.15, 0.2) is 17.2 Å². The van der Waals surface area contributed by atoms with Crippen molar-refractivity contribution in [2.45, 2.75) is 19.0 Å². The van der Waals surface area contributed by atoms with Crippen LogP contribution in [0.3, 0.4) is 0 Å². The van der Waals surface area contributed by atoms with Gasteiger partial charge in [-0.3, -0.25) is 19.1 Å². The standard InChI is InChI=1S/C25H25ClF3N9O2/c26-18-12-15(3-4-16(18)24(40)37-10-8-36(9-11-37)20(39)2-1-5-30)34-22-23-32-14-19(38(23)7-6-31-22)17-13-33-35-21(17)25(27,28)29/h3-4,6-7,12-14H,1-2,5,8-11,30H2,(H,31,34)(H,33,35). The van der Waals surface area contributed by atoms with Crippen molar-refractivity contribution >= 4 is 40.6 Å². The Kier molecular flexibility index (Phi) is 7.63. The van der Waals surface area contributed by atoms with E-state index in [2.05, 4.69) is 25.5 Å². The molecule has 0 saturated carbocycles. The van der Waals surface area contributed by atoms with Crippen LogP contribution in [0.15, 0.2) is 43.0 Å². The molecule has 0 radical (unpaired) electrons. The number of nitrogens with zero attached hydrogens (tertiary/aromatic N) is 6. The molecule has 1 aliphatic heterocycles. The molecule has 0 atom stereocenters. The van der Waals surface area contributed by atoms with Crippen LogP contribution < -0.4 is 11.1 Å². The van der Waals surface area contributed by atoms with Gasteiger partial charge in [0.2, 0.25) is 5.91 Å². The number of anilines is 2. The van der Waals surface area contributed by atoms with Crippen LogP contribution in [0, 0.1) is 0 Å². The Morgan fingerprint density at radius 3 is 2.58 bits per heavy atom. The van der Waals surface area contributed by atoms with Crippen molar-refractivity contribution in [1.82, 2.24) is 34.4 Å². The van der Waals surface area contributed by atoms with E-state index < -0.39 is 11.9 Å². The number of benzene rings is 1. The zero-order chi connectivity index (χ0) is 28.4. The van der Waals surface area contributed by atoms with Gasteiger partial charge in [-0.1, -0.05) is 11.6 Å². The molecule has 3 aromatic heterocycles. The van der Waals surface area contributed by atoms with E-state index in [1.54, 1.807) is 28.0 Å². The third-order valence-corrected chi connectivity index (χ3v) is 6.90. The molecule has 0 aliphatic carbocycles. The van der Waals surface area contributed by atoms with Crippen molar-refractivity contribution < 1.29 is 22.8 Å². The number of nitrogens with two attached hydrogens (primary N) is 1. The minimum atomic E-state index is -4.64. The first-order chi connectivity index (χ1) is 19.2. The molecule has 0 spiro atoms. The summed E-state index contributed by atoms with van der Waals surface area (Å²) in [5.74, 6) is 0.0606. The number of amides is 2. The second kappa shape index (κ2) is 11.1. The largest absolute Gasteiger partial charge is 0.435 e. The maximum Gasteiger partial charge on any atom is 0.435 e. The summed E-state index contributed by atoms with van der Waals surface area (Å²) in [6.07, 6.45) is 1.77. The average molecular weight is 576 g/mol. The van der Waals surface area contributed by atoms with E-state index in [1.165, 1.54) is 23.0 Å². The lowest BCUT2D eigenvalue weighted by molar-refractivity contribution is -0.140. The molecule has 0 unspecified atom stereocenters. The topological polar surface area (TPSA) is 138 Å². The summed E-state index contributed by atoms with van der Waals surface area (Å²) >= 11 is 6.47. The summed E-state index contributed by atoms with van der Waals surface area (Å²) in [6, 6.07) is 4.80. The van der Waals surface area contributed by atoms with Gasteiger partial charge in [-0.2, -0.15) is 18.3 Å². The Labute approximate surface area is 231 Å². The van der Waals surface area contributed by atoms with Gasteiger partial charge in [-0.15, -0.1) is 0 Å². The van der Waals surface area contributed by atoms with Crippen LogP contribution in [0.25, 0.3) is 16.9 Å². The molecule has 1 aliphatic rings. The number of aromatic nitrogens is 5. The normalized spacial score (nSPS) is 14.1. The fraction of sp³-hybridized carbons (Fsp3) is 0.320. The third kappa shape index (κ3) is 5.45. The second-order valence-electron chi connectivity index (χ2n) is 9.14. The van der Waals surface area contributed by atoms with Crippen molar-refractivity contribution in [1.29, 1.82) is 0 Å². The van der Waals surface area contributed by atoms with E-state index in [1.807, 2.05) is 0 Å². The number of alkyl halides is 3. The molecule has 210 valence electrons. The van der Waals surface area contributed by atoms with E-state index in [0.717, 1.165) is 6.20 Å². The van der Waals surface area contributed by atoms with Crippen molar-refractivity contribution in [3.8, 4) is 11.3 Å². The van der Waals surface area contributed by atoms with Crippen molar-refractivity contribution in [3.05, 3.63) is 59.3 Å². The first kappa shape index (κ1) is 27.4. The van der Waals surface area contributed by atoms with Gasteiger partial charge >= 0.3 is 6.18 Å². The summed E-state index contributed by atoms with van der Waals surface area (Å²) in [5, 5.41) is 8.88. The van der Waals surface area contributed by atoms with E-state index in [-0.39, 0.29) is 39.6 Å². The number of carbonyl (C=O) groups is 2. The van der Waals surface area contributed by atoms with E-state index in [4.69, 9.17) is 17.3 Å². The van der Waals surface area contributed by atoms with Crippen LogP contribution in [0.4, 0.5) is 24.7 Å². The molecule has 5 rings (SSSR count). The third-order valence-electron chi connectivity index (χ3n) is 6.59. The highest BCUT2D eigenvalue weighted by atomic mass is 35.5. The van der Waals surface area contributed by atoms with Crippen molar-refractivity contribution in [3.63, 3.8) is 0 Å². The van der Waals surface area contributed by atoms with Crippen LogP contribution >= 0.6 is 11.6 Å². The quantitative estimate of drug-likeness (QED) is 0.306. The lowest BCUT2D eigenvalue weighted by Crippen LogP contribution is -2.50. The molecule has 40 heavy (non-hydrogen) atoms. The number of halogens is 4. The maximum absolute atomic E-state index is 13.4. The fourth-order valence-electron chi connectivity index (χ4n) is 4.55. The first-order valence-corrected chi connectivity index (χ1v) is 12.8. The molecule has 4 heterocycles. The molecule has 11 nitrogen and oxygen atoms in total. The summed E-state index contributed by atoms with van der Waals surface area (Å²) < 4.78 is 41.6. The van der Waals surface area contributed by atoms with Crippen LogP contribution in [0.2, 0.25) is 5.02 Å². The zero-order valence-corrected chi connectivity index (χ0v) is 21.8. The number of piperazine rings is 1. The highest BCUT2D eigenvalue weighted by molar-refractivity contribution is 6.34. The second-order valence-corrected chi connectivity index (χ2v) is 9.55. The number of aromatic amines is 1. The van der Waals surface area contributed by atoms with Gasteiger partial charge in [0.25, 0.3) is 5.91 Å². The smallest absolute Gasteiger partial charge is 0.339 e. The number of carbonyl (C=O) groups excluding carboxylic acids is 2. The SMILES string of the molecule is NCCCC(=O)N1CCN(C(=O)c2ccc(Nc3nccn4c(-c5c[nH]nc5C(F)(F)F)cnc34)cc2Cl)CC1. The van der Waals surface area contributed by atoms with Gasteiger partial charge in [0.05, 0.1) is 28.0 Å². The number of nitrogens with one attached hydrogen (secondary N) is 2. The summed E-state index contributed by atoms with van der Waals surface area (Å²) in [5.41, 5.74) is 5.55. The molecule has 0 bridgehead atoms. The minimum absolute atomic E-state index is 0.0322. The van der Waals surface area contributed by atoms with Crippen LogP contribution in [0.1, 0.15) is 28.9 Å². The molecule has 2 amide bonds. The molecule has 4 aromatic rings. The molecule has 15 heteroatoms. The highest BCUT2D eigenvalue weighted by Crippen LogP contribution is 2.36. The summed E-state index contributed by atoms with van der Waals surface area (Å²) in [7, 11) is 0. The minimum Gasteiger partial charge on any atom is -0.339 e. The number of hydrogen-bond acceptors (Lipinski definition) is 7. The van der Waals surface area contributed by atoms with Crippen LogP contribution in [0.5, 0.6) is 0 Å². The van der Waals surface area contributed by atoms with Crippen LogP contribution in [-0.4, -0.2) is 78.9 Å². The molecule has 4 N–H and O–H groups in total. The van der Waals surface area contributed by atoms with E-state index >= 15 is 0 Å². The number of H-pyrrole nitrogens is 1. The molecule has 1 aromatic carbocycles. The Bertz CT molecular complexity index is 1540. The van der Waals surface area contributed by atoms with Crippen molar-refractivity contribution in [2.75, 3.05) is 38.0 Å². The molecule has 1 saturated heterocycles. The van der Waals surface area contributed by atoms with Gasteiger partial charge in [0, 0.05) is 56.9 Å². The average Bonchev–Trinajstić information content (AvgIpc) is 3.59. The Hall–Kier alpha value is -4.17. The van der Waals surface area contributed by atoms with Crippen LogP contribution in [-0.2, 0) is 11.0 Å². The maximum atomic E-state index is 13.4. The lowest BCUT2D eigenvalue weighted by Gasteiger charge is -2.35. The highest BCUT2D eigenvalue weighted by Gasteiger charge is 2.37. The van der Waals surface area contributed by atoms with Gasteiger partial charge in [-0.25, -0.2) is 9.97 Å². The van der Waals surface area contributed by atoms with Gasteiger partial charge in [0.1, 0.15) is 0 Å². The monoisotopic (exact) mass is 575 g/mol. The number of imidazole rings is 1. The Morgan fingerprint density at radius 1 is 1.12 bits per heavy atom. The number of fused-ring (bicyclic) bond motifs is 1. The predicted molar refractivity (Wildman–Crippen MR) is 141 cm³/mol. The number of hydrogen-bond donors (Lipinski definition) is 3. The van der Waals surface area contributed by atoms with E-state index in [9.17, 15) is 22.8 Å². The van der Waals surface area contributed by atoms with Crippen molar-refractivity contribution in [2.24, 2.45) is 5.73 Å². The Morgan fingerprint density at radius 2 is 1.88 bits per heavy atom. The zero-order valence-electron chi connectivity index (χ0n) is 21.1. The first-order valence-electron chi connectivity index (χ1n) is 12.4. The molecular weight excluding hydrogens is 551 g/mol. The van der Waals surface area contributed by atoms with Gasteiger partial charge < -0.3 is 20.9 Å². The lowest BCUT2D eigenvalue weighted by atomic mass is 10.1. The Balaban J connectivity index is 1.30. The molecule has 1 fully saturated rings. The summed E-state index contributed by atoms with van der Waals surface area (Å²) in [4.78, 5) is 37.3. The predicted octanol–water partition coefficient (Wildman–Crippen LogP) is 3.56. The fourth-order valence-corrected chi connectivity index (χ4v) is 4.81. The van der Waals surface area contributed by atoms with Gasteiger partial charge in [-0.05, 0) is 31.2 Å².